The number of nitrogens with zero attached hydrogens (tertiary/aromatic N) is 1. The molecule has 0 spiro atoms. The van der Waals surface area contributed by atoms with Crippen LogP contribution in [0.25, 0.3) is 65.7 Å². The van der Waals surface area contributed by atoms with Crippen molar-refractivity contribution in [3.63, 3.8) is 0 Å². The van der Waals surface area contributed by atoms with Crippen molar-refractivity contribution in [1.29, 1.82) is 0 Å². The van der Waals surface area contributed by atoms with Crippen LogP contribution in [0.1, 0.15) is 0 Å². The number of para-hydroxylation sites is 2. The number of fused-ring (bicyclic) bond motifs is 6. The fourth-order valence-corrected chi connectivity index (χ4v) is 6.99. The first-order chi connectivity index (χ1) is 22.8. The molecule has 1 heterocycles. The quantitative estimate of drug-likeness (QED) is 0.186. The van der Waals surface area contributed by atoms with E-state index >= 15 is 0 Å². The first-order valence-corrected chi connectivity index (χ1v) is 15.7. The van der Waals surface area contributed by atoms with Gasteiger partial charge in [0.05, 0.1) is 5.69 Å². The van der Waals surface area contributed by atoms with E-state index in [-0.39, 0.29) is 0 Å². The molecule has 0 saturated heterocycles. The van der Waals surface area contributed by atoms with Crippen LogP contribution in [0.4, 0.5) is 17.1 Å². The Morgan fingerprint density at radius 3 is 1.85 bits per heavy atom. The number of hydrogen-bond acceptors (Lipinski definition) is 2. The predicted molar refractivity (Wildman–Crippen MR) is 194 cm³/mol. The lowest BCUT2D eigenvalue weighted by Gasteiger charge is -2.29. The van der Waals surface area contributed by atoms with Gasteiger partial charge in [-0.25, -0.2) is 0 Å². The van der Waals surface area contributed by atoms with Crippen LogP contribution in [0, 0.1) is 0 Å². The molecule has 0 aliphatic heterocycles. The Hall–Kier alpha value is -6.12. The zero-order valence-electron chi connectivity index (χ0n) is 25.1. The maximum Gasteiger partial charge on any atom is 0.135 e. The molecule has 2 nitrogen and oxygen atoms in total. The Morgan fingerprint density at radius 2 is 1.02 bits per heavy atom. The average molecular weight is 588 g/mol. The molecule has 0 atom stereocenters. The molecule has 0 bridgehead atoms. The van der Waals surface area contributed by atoms with Crippen molar-refractivity contribution in [2.75, 3.05) is 4.90 Å². The van der Waals surface area contributed by atoms with E-state index in [1.165, 1.54) is 43.8 Å². The first kappa shape index (κ1) is 26.3. The average Bonchev–Trinajstić information content (AvgIpc) is 3.50. The van der Waals surface area contributed by atoms with Crippen LogP contribution >= 0.6 is 0 Å². The Morgan fingerprint density at radius 1 is 0.370 bits per heavy atom. The molecule has 0 N–H and O–H groups in total. The zero-order chi connectivity index (χ0) is 30.5. The molecule has 0 unspecified atom stereocenters. The second-order valence-electron chi connectivity index (χ2n) is 11.7. The Labute approximate surface area is 267 Å². The maximum atomic E-state index is 6.23. The van der Waals surface area contributed by atoms with Gasteiger partial charge < -0.3 is 9.32 Å². The summed E-state index contributed by atoms with van der Waals surface area (Å²) >= 11 is 0. The van der Waals surface area contributed by atoms with E-state index in [9.17, 15) is 0 Å². The van der Waals surface area contributed by atoms with E-state index in [1.807, 2.05) is 12.1 Å². The van der Waals surface area contributed by atoms with Gasteiger partial charge >= 0.3 is 0 Å². The van der Waals surface area contributed by atoms with Crippen LogP contribution in [0.5, 0.6) is 0 Å². The van der Waals surface area contributed by atoms with E-state index in [2.05, 4.69) is 169 Å². The number of furan rings is 1. The van der Waals surface area contributed by atoms with Crippen LogP contribution in [-0.2, 0) is 0 Å². The fraction of sp³-hybridized carbons (Fsp3) is 0. The second kappa shape index (κ2) is 10.8. The van der Waals surface area contributed by atoms with Gasteiger partial charge in [-0.2, -0.15) is 0 Å². The zero-order valence-corrected chi connectivity index (χ0v) is 25.1. The number of rotatable bonds is 5. The van der Waals surface area contributed by atoms with Gasteiger partial charge in [-0.1, -0.05) is 127 Å². The van der Waals surface area contributed by atoms with Gasteiger partial charge in [-0.05, 0) is 86.8 Å². The monoisotopic (exact) mass is 587 g/mol. The van der Waals surface area contributed by atoms with E-state index < -0.39 is 0 Å². The summed E-state index contributed by atoms with van der Waals surface area (Å²) in [5, 5.41) is 7.23. The summed E-state index contributed by atoms with van der Waals surface area (Å²) in [5.41, 5.74) is 9.83. The van der Waals surface area contributed by atoms with Gasteiger partial charge in [0.1, 0.15) is 11.2 Å². The minimum absolute atomic E-state index is 0.887. The van der Waals surface area contributed by atoms with Crippen molar-refractivity contribution < 1.29 is 4.42 Å². The first-order valence-electron chi connectivity index (χ1n) is 15.7. The smallest absolute Gasteiger partial charge is 0.135 e. The van der Waals surface area contributed by atoms with E-state index in [0.29, 0.717) is 0 Å². The third-order valence-corrected chi connectivity index (χ3v) is 9.04. The highest BCUT2D eigenvalue weighted by atomic mass is 16.3. The lowest BCUT2D eigenvalue weighted by Crippen LogP contribution is -2.11. The summed E-state index contributed by atoms with van der Waals surface area (Å²) in [4.78, 5) is 2.39. The Kier molecular flexibility index (Phi) is 6.17. The Bertz CT molecular complexity index is 2530. The normalized spacial score (nSPS) is 11.5. The molecule has 0 aliphatic rings. The summed E-state index contributed by atoms with van der Waals surface area (Å²) < 4.78 is 6.23. The van der Waals surface area contributed by atoms with Crippen LogP contribution in [0.15, 0.2) is 180 Å². The van der Waals surface area contributed by atoms with Gasteiger partial charge in [-0.3, -0.25) is 0 Å². The SMILES string of the molecule is c1ccc(-c2c(-c3cc4ccccc4c4ccccc34)cccc2N(c2ccccc2)c2ccc3oc4ccccc4c3c2)cc1. The highest BCUT2D eigenvalue weighted by molar-refractivity contribution is 6.16. The van der Waals surface area contributed by atoms with E-state index in [1.54, 1.807) is 0 Å². The third-order valence-electron chi connectivity index (χ3n) is 9.04. The van der Waals surface area contributed by atoms with Crippen LogP contribution in [-0.4, -0.2) is 0 Å². The van der Waals surface area contributed by atoms with Gasteiger partial charge in [0.15, 0.2) is 0 Å². The Balaban J connectivity index is 1.37. The minimum Gasteiger partial charge on any atom is -0.456 e. The summed E-state index contributed by atoms with van der Waals surface area (Å²) in [6.07, 6.45) is 0. The maximum absolute atomic E-state index is 6.23. The lowest BCUT2D eigenvalue weighted by atomic mass is 9.87. The standard InChI is InChI=1S/C44H29NO/c1-3-14-30(15-4-1)44-38(39-28-31-16-7-8-19-34(31)35-20-9-10-21-36(35)39)23-13-24-41(44)45(32-17-5-2-6-18-32)33-26-27-43-40(29-33)37-22-11-12-25-42(37)46-43/h1-29H. The molecule has 0 amide bonds. The van der Waals surface area contributed by atoms with Crippen LogP contribution in [0.2, 0.25) is 0 Å². The van der Waals surface area contributed by atoms with E-state index in [0.717, 1.165) is 39.0 Å². The number of benzene rings is 8. The molecule has 216 valence electrons. The van der Waals surface area contributed by atoms with Crippen LogP contribution in [0.3, 0.4) is 0 Å². The van der Waals surface area contributed by atoms with Crippen molar-refractivity contribution >= 4 is 60.5 Å². The molecule has 2 heteroatoms. The van der Waals surface area contributed by atoms with Gasteiger partial charge in [0, 0.05) is 27.7 Å². The predicted octanol–water partition coefficient (Wildman–Crippen LogP) is 12.7. The molecule has 1 aromatic heterocycles. The molecule has 9 rings (SSSR count). The summed E-state index contributed by atoms with van der Waals surface area (Å²) in [7, 11) is 0. The van der Waals surface area contributed by atoms with Gasteiger partial charge in [0.25, 0.3) is 0 Å². The van der Waals surface area contributed by atoms with Crippen molar-refractivity contribution in [3.05, 3.63) is 176 Å². The van der Waals surface area contributed by atoms with Crippen molar-refractivity contribution in [2.45, 2.75) is 0 Å². The molecular formula is C44H29NO. The third kappa shape index (κ3) is 4.27. The molecule has 46 heavy (non-hydrogen) atoms. The largest absolute Gasteiger partial charge is 0.456 e. The number of hydrogen-bond donors (Lipinski definition) is 0. The number of anilines is 3. The molecule has 8 aromatic carbocycles. The molecular weight excluding hydrogens is 558 g/mol. The van der Waals surface area contributed by atoms with Gasteiger partial charge in [0.2, 0.25) is 0 Å². The minimum atomic E-state index is 0.887. The highest BCUT2D eigenvalue weighted by Gasteiger charge is 2.22. The summed E-state index contributed by atoms with van der Waals surface area (Å²) in [6, 6.07) is 62.8. The summed E-state index contributed by atoms with van der Waals surface area (Å²) in [6.45, 7) is 0. The van der Waals surface area contributed by atoms with Crippen molar-refractivity contribution in [3.8, 4) is 22.3 Å². The lowest BCUT2D eigenvalue weighted by molar-refractivity contribution is 0.669. The molecule has 0 radical (unpaired) electrons. The van der Waals surface area contributed by atoms with E-state index in [4.69, 9.17) is 4.42 Å². The van der Waals surface area contributed by atoms with Crippen LogP contribution < -0.4 is 4.90 Å². The summed E-state index contributed by atoms with van der Waals surface area (Å²) in [5.74, 6) is 0. The van der Waals surface area contributed by atoms with Crippen molar-refractivity contribution in [1.82, 2.24) is 0 Å². The van der Waals surface area contributed by atoms with Crippen molar-refractivity contribution in [2.24, 2.45) is 0 Å². The topological polar surface area (TPSA) is 16.4 Å². The molecule has 0 aliphatic carbocycles. The molecule has 0 fully saturated rings. The molecule has 0 saturated carbocycles. The second-order valence-corrected chi connectivity index (χ2v) is 11.7. The highest BCUT2D eigenvalue weighted by Crippen LogP contribution is 2.48. The molecule has 9 aromatic rings. The fourth-order valence-electron chi connectivity index (χ4n) is 6.99. The van der Waals surface area contributed by atoms with Gasteiger partial charge in [-0.15, -0.1) is 0 Å².